The maximum absolute atomic E-state index is 13.3. The van der Waals surface area contributed by atoms with Crippen molar-refractivity contribution >= 4 is 52.8 Å². The molecule has 4 rings (SSSR count). The highest BCUT2D eigenvalue weighted by Crippen LogP contribution is 2.35. The van der Waals surface area contributed by atoms with Crippen LogP contribution in [0.4, 0.5) is 8.78 Å². The number of hydrogen-bond donors (Lipinski definition) is 1. The number of aromatic nitrogens is 1. The minimum absolute atomic E-state index is 0.233. The average Bonchev–Trinajstić information content (AvgIpc) is 3.16. The van der Waals surface area contributed by atoms with E-state index in [0.29, 0.717) is 20.8 Å². The Morgan fingerprint density at radius 1 is 1.06 bits per heavy atom. The second kappa shape index (κ2) is 10.8. The molecule has 3 aromatic rings. The van der Waals surface area contributed by atoms with Gasteiger partial charge in [0.25, 0.3) is 5.91 Å². The van der Waals surface area contributed by atoms with Gasteiger partial charge in [0.1, 0.15) is 26.7 Å². The number of pyridine rings is 1. The maximum Gasteiger partial charge on any atom is 0.273 e. The Morgan fingerprint density at radius 3 is 2.27 bits per heavy atom. The minimum Gasteiger partial charge on any atom is -0.339 e. The number of carbonyl (C=O) groups excluding carboxylic acids is 1. The summed E-state index contributed by atoms with van der Waals surface area (Å²) in [4.78, 5) is 21.8. The van der Waals surface area contributed by atoms with Crippen LogP contribution in [-0.4, -0.2) is 27.8 Å². The van der Waals surface area contributed by atoms with E-state index in [1.807, 2.05) is 6.92 Å². The van der Waals surface area contributed by atoms with E-state index < -0.39 is 5.50 Å². The average molecular weight is 521 g/mol. The van der Waals surface area contributed by atoms with Crippen LogP contribution in [0, 0.1) is 17.8 Å². The number of hydrogen-bond acceptors (Lipinski definition) is 6. The number of amides is 1. The van der Waals surface area contributed by atoms with Crippen molar-refractivity contribution in [1.82, 2.24) is 15.2 Å². The zero-order valence-electron chi connectivity index (χ0n) is 17.2. The van der Waals surface area contributed by atoms with Gasteiger partial charge >= 0.3 is 0 Å². The molecule has 2 heterocycles. The number of carbonyl (C=O) groups is 1. The normalized spacial score (nSPS) is 15.5. The molecule has 0 bridgehead atoms. The van der Waals surface area contributed by atoms with E-state index in [1.54, 1.807) is 41.3 Å². The van der Waals surface area contributed by atoms with E-state index in [1.165, 1.54) is 59.6 Å². The zero-order valence-corrected chi connectivity index (χ0v) is 20.4. The molecule has 1 aliphatic heterocycles. The summed E-state index contributed by atoms with van der Waals surface area (Å²) in [6, 6.07) is 15.7. The fourth-order valence-corrected chi connectivity index (χ4v) is 5.78. The molecular formula is C23H17ClF2N3OS3. The summed E-state index contributed by atoms with van der Waals surface area (Å²) < 4.78 is 27.0. The van der Waals surface area contributed by atoms with Crippen LogP contribution in [0.2, 0.25) is 0 Å². The van der Waals surface area contributed by atoms with Crippen LogP contribution in [0.3, 0.4) is 0 Å². The van der Waals surface area contributed by atoms with Gasteiger partial charge < -0.3 is 10.2 Å². The quantitative estimate of drug-likeness (QED) is 0.379. The summed E-state index contributed by atoms with van der Waals surface area (Å²) >= 11 is 10.0. The molecule has 10 heteroatoms. The second-order valence-electron chi connectivity index (χ2n) is 6.72. The van der Waals surface area contributed by atoms with Crippen LogP contribution in [-0.2, 0) is 0 Å². The molecule has 1 aliphatic rings. The lowest BCUT2D eigenvalue weighted by Gasteiger charge is -2.23. The Labute approximate surface area is 208 Å². The van der Waals surface area contributed by atoms with Gasteiger partial charge in [0, 0.05) is 21.2 Å². The van der Waals surface area contributed by atoms with E-state index in [9.17, 15) is 13.6 Å². The van der Waals surface area contributed by atoms with Crippen LogP contribution in [0.5, 0.6) is 0 Å². The number of nitrogens with zero attached hydrogens (tertiary/aromatic N) is 2. The summed E-state index contributed by atoms with van der Waals surface area (Å²) in [5.41, 5.74) is -0.162. The number of nitrogens with one attached hydrogen (secondary N) is 1. The van der Waals surface area contributed by atoms with Crippen molar-refractivity contribution in [3.63, 3.8) is 0 Å². The summed E-state index contributed by atoms with van der Waals surface area (Å²) in [7, 11) is 0. The van der Waals surface area contributed by atoms with Crippen molar-refractivity contribution in [2.24, 2.45) is 0 Å². The Kier molecular flexibility index (Phi) is 7.85. The van der Waals surface area contributed by atoms with Crippen molar-refractivity contribution < 1.29 is 13.6 Å². The van der Waals surface area contributed by atoms with Crippen LogP contribution in [0.15, 0.2) is 84.7 Å². The van der Waals surface area contributed by atoms with Gasteiger partial charge in [0.05, 0.1) is 6.20 Å². The molecule has 0 saturated carbocycles. The van der Waals surface area contributed by atoms with E-state index in [2.05, 4.69) is 16.5 Å². The summed E-state index contributed by atoms with van der Waals surface area (Å²) in [5.74, 6) is -1.03. The fourth-order valence-electron chi connectivity index (χ4n) is 2.88. The Morgan fingerprint density at radius 2 is 1.67 bits per heavy atom. The lowest BCUT2D eigenvalue weighted by molar-refractivity contribution is 0.0916. The summed E-state index contributed by atoms with van der Waals surface area (Å²) in [6.07, 6.45) is 2.99. The molecule has 0 aliphatic carbocycles. The predicted octanol–water partition coefficient (Wildman–Crippen LogP) is 6.59. The fraction of sp³-hybridized carbons (Fsp3) is 0.130. The number of thioether (sulfide) groups is 1. The predicted molar refractivity (Wildman–Crippen MR) is 129 cm³/mol. The molecule has 1 atom stereocenters. The third-order valence-corrected chi connectivity index (χ3v) is 7.70. The Bertz CT molecular complexity index is 1180. The van der Waals surface area contributed by atoms with Crippen LogP contribution < -0.4 is 5.32 Å². The number of rotatable bonds is 7. The Balaban J connectivity index is 1.61. The molecule has 1 amide bonds. The van der Waals surface area contributed by atoms with Gasteiger partial charge in [-0.1, -0.05) is 46.9 Å². The van der Waals surface area contributed by atoms with Gasteiger partial charge in [-0.25, -0.2) is 13.8 Å². The number of benzene rings is 2. The molecule has 1 radical (unpaired) electrons. The number of halogens is 3. The smallest absolute Gasteiger partial charge is 0.273 e. The zero-order chi connectivity index (χ0) is 23.4. The molecule has 0 saturated heterocycles. The second-order valence-corrected chi connectivity index (χ2v) is 10.6. The molecule has 0 spiro atoms. The van der Waals surface area contributed by atoms with Gasteiger partial charge in [0.2, 0.25) is 0 Å². The van der Waals surface area contributed by atoms with Crippen molar-refractivity contribution in [2.75, 3.05) is 6.54 Å². The SMILES string of the molecule is CCN1[C]=C(Cl)SC1NC(=O)c1nc(Sc2ccc(F)cc2)ccc1Sc1ccc(F)cc1. The third kappa shape index (κ3) is 6.23. The Hall–Kier alpha value is -2.20. The van der Waals surface area contributed by atoms with E-state index >= 15 is 0 Å². The largest absolute Gasteiger partial charge is 0.339 e. The van der Waals surface area contributed by atoms with Gasteiger partial charge in [-0.05, 0) is 67.6 Å². The molecule has 33 heavy (non-hydrogen) atoms. The molecular weight excluding hydrogens is 504 g/mol. The maximum atomic E-state index is 13.3. The highest BCUT2D eigenvalue weighted by Gasteiger charge is 2.28. The molecule has 169 valence electrons. The highest BCUT2D eigenvalue weighted by molar-refractivity contribution is 8.05. The van der Waals surface area contributed by atoms with E-state index in [4.69, 9.17) is 11.6 Å². The standard InChI is InChI=1S/C23H17ClF2N3OS3/c1-2-29-13-19(24)33-23(29)28-22(30)21-18(31-16-7-3-14(25)4-8-16)11-12-20(27-21)32-17-9-5-15(26)6-10-17/h3-12,23H,2H2,1H3,(H,28,30). The highest BCUT2D eigenvalue weighted by atomic mass is 35.5. The van der Waals surface area contributed by atoms with Crippen molar-refractivity contribution in [1.29, 1.82) is 0 Å². The molecule has 2 aromatic carbocycles. The summed E-state index contributed by atoms with van der Waals surface area (Å²) in [5, 5.41) is 3.54. The van der Waals surface area contributed by atoms with Gasteiger partial charge in [-0.2, -0.15) is 0 Å². The van der Waals surface area contributed by atoms with Crippen LogP contribution in [0.25, 0.3) is 0 Å². The van der Waals surface area contributed by atoms with Crippen molar-refractivity contribution in [2.45, 2.75) is 32.1 Å². The van der Waals surface area contributed by atoms with Crippen LogP contribution >= 0.6 is 46.9 Å². The van der Waals surface area contributed by atoms with E-state index in [0.717, 1.165) is 9.79 Å². The lowest BCUT2D eigenvalue weighted by Crippen LogP contribution is -2.42. The molecule has 1 aromatic heterocycles. The van der Waals surface area contributed by atoms with Crippen molar-refractivity contribution in [3.05, 3.63) is 88.6 Å². The lowest BCUT2D eigenvalue weighted by atomic mass is 10.3. The monoisotopic (exact) mass is 520 g/mol. The molecule has 4 nitrogen and oxygen atoms in total. The first-order valence-electron chi connectivity index (χ1n) is 9.82. The first kappa shape index (κ1) is 23.9. The van der Waals surface area contributed by atoms with Gasteiger partial charge in [-0.15, -0.1) is 0 Å². The topological polar surface area (TPSA) is 45.2 Å². The van der Waals surface area contributed by atoms with E-state index in [-0.39, 0.29) is 23.2 Å². The first-order chi connectivity index (χ1) is 15.9. The molecule has 0 fully saturated rings. The van der Waals surface area contributed by atoms with Crippen LogP contribution in [0.1, 0.15) is 17.4 Å². The van der Waals surface area contributed by atoms with Gasteiger partial charge in [-0.3, -0.25) is 4.79 Å². The molecule has 1 N–H and O–H groups in total. The van der Waals surface area contributed by atoms with Gasteiger partial charge in [0.15, 0.2) is 5.50 Å². The molecule has 1 unspecified atom stereocenters. The minimum atomic E-state index is -0.395. The van der Waals surface area contributed by atoms with Crippen molar-refractivity contribution in [3.8, 4) is 0 Å². The third-order valence-electron chi connectivity index (χ3n) is 4.45. The first-order valence-corrected chi connectivity index (χ1v) is 12.7. The summed E-state index contributed by atoms with van der Waals surface area (Å²) in [6.45, 7) is 2.56.